The molecule has 0 spiro atoms. The van der Waals surface area contributed by atoms with Crippen molar-refractivity contribution in [3.8, 4) is 11.5 Å². The fourth-order valence-corrected chi connectivity index (χ4v) is 5.90. The summed E-state index contributed by atoms with van der Waals surface area (Å²) in [6.45, 7) is 7.82. The molecule has 1 fully saturated rings. The second kappa shape index (κ2) is 15.3. The van der Waals surface area contributed by atoms with E-state index in [1.54, 1.807) is 36.2 Å². The third-order valence-electron chi connectivity index (χ3n) is 9.01. The molecule has 3 amide bonds. The van der Waals surface area contributed by atoms with E-state index in [9.17, 15) is 14.4 Å². The zero-order chi connectivity index (χ0) is 34.4. The zero-order valence-electron chi connectivity index (χ0n) is 28.8. The number of likely N-dealkylation sites (N-methyl/N-ethyl adjacent to an activating group) is 1. The van der Waals surface area contributed by atoms with E-state index in [0.717, 1.165) is 62.3 Å². The predicted octanol–water partition coefficient (Wildman–Crippen LogP) is 5.44. The van der Waals surface area contributed by atoms with Crippen LogP contribution >= 0.6 is 0 Å². The first-order valence-corrected chi connectivity index (χ1v) is 16.5. The molecule has 0 bridgehead atoms. The van der Waals surface area contributed by atoms with Crippen LogP contribution < -0.4 is 19.7 Å². The minimum Gasteiger partial charge on any atom is -0.495 e. The Kier molecular flexibility index (Phi) is 11.0. The molecule has 4 aromatic rings. The molecular weight excluding hydrogens is 608 g/mol. The van der Waals surface area contributed by atoms with Gasteiger partial charge in [0.15, 0.2) is 0 Å². The predicted molar refractivity (Wildman–Crippen MR) is 188 cm³/mol. The van der Waals surface area contributed by atoms with Crippen LogP contribution in [0.4, 0.5) is 11.4 Å². The molecule has 48 heavy (non-hydrogen) atoms. The number of rotatable bonds is 12. The maximum absolute atomic E-state index is 13.7. The maximum Gasteiger partial charge on any atom is 0.258 e. The van der Waals surface area contributed by atoms with Crippen molar-refractivity contribution in [1.29, 1.82) is 0 Å². The molecule has 11 heteroatoms. The lowest BCUT2D eigenvalue weighted by Gasteiger charge is -2.32. The number of aryl methyl sites for hydroxylation is 3. The number of nitrogens with zero attached hydrogens (tertiary/aromatic N) is 5. The van der Waals surface area contributed by atoms with Gasteiger partial charge >= 0.3 is 0 Å². The Balaban J connectivity index is 1.20. The van der Waals surface area contributed by atoms with Crippen LogP contribution in [0.3, 0.4) is 0 Å². The molecule has 1 aliphatic rings. The van der Waals surface area contributed by atoms with Gasteiger partial charge in [-0.2, -0.15) is 0 Å². The third kappa shape index (κ3) is 7.79. The quantitative estimate of drug-likeness (QED) is 0.203. The molecule has 5 rings (SSSR count). The Hall–Kier alpha value is -4.90. The summed E-state index contributed by atoms with van der Waals surface area (Å²) < 4.78 is 13.7. The molecule has 2 heterocycles. The Labute approximate surface area is 282 Å². The summed E-state index contributed by atoms with van der Waals surface area (Å²) >= 11 is 0. The number of ether oxygens (including phenoxy) is 2. The van der Waals surface area contributed by atoms with Crippen LogP contribution in [0.1, 0.15) is 57.8 Å². The molecule has 1 aromatic heterocycles. The summed E-state index contributed by atoms with van der Waals surface area (Å²) in [5.41, 5.74) is 4.43. The Morgan fingerprint density at radius 3 is 2.44 bits per heavy atom. The number of aromatic nitrogens is 2. The number of anilines is 2. The molecule has 0 saturated carbocycles. The van der Waals surface area contributed by atoms with Crippen molar-refractivity contribution in [1.82, 2.24) is 19.4 Å². The number of fused-ring (bicyclic) bond motifs is 1. The van der Waals surface area contributed by atoms with Gasteiger partial charge in [0.2, 0.25) is 5.91 Å². The van der Waals surface area contributed by atoms with E-state index in [1.165, 1.54) is 7.11 Å². The van der Waals surface area contributed by atoms with Gasteiger partial charge in [0.05, 0.1) is 36.2 Å². The van der Waals surface area contributed by atoms with Crippen LogP contribution in [0.5, 0.6) is 11.5 Å². The highest BCUT2D eigenvalue weighted by Gasteiger charge is 2.22. The first kappa shape index (κ1) is 34.4. The molecule has 3 aromatic carbocycles. The molecule has 0 atom stereocenters. The average Bonchev–Trinajstić information content (AvgIpc) is 3.38. The Bertz CT molecular complexity index is 1790. The van der Waals surface area contributed by atoms with Gasteiger partial charge in [-0.25, -0.2) is 4.98 Å². The number of para-hydroxylation sites is 1. The lowest BCUT2D eigenvalue weighted by Crippen LogP contribution is -2.47. The third-order valence-corrected chi connectivity index (χ3v) is 9.01. The topological polar surface area (TPSA) is 109 Å². The van der Waals surface area contributed by atoms with Crippen molar-refractivity contribution in [3.63, 3.8) is 0 Å². The number of benzene rings is 3. The van der Waals surface area contributed by atoms with Gasteiger partial charge < -0.3 is 34.1 Å². The number of carbonyl (C=O) groups excluding carboxylic acids is 3. The first-order chi connectivity index (χ1) is 23.1. The second-order valence-corrected chi connectivity index (χ2v) is 12.4. The lowest BCUT2D eigenvalue weighted by molar-refractivity contribution is -0.132. The highest BCUT2D eigenvalue weighted by atomic mass is 16.5. The number of unbranched alkanes of at least 4 members (excludes halogenated alkanes) is 2. The number of nitrogens with one attached hydrogen (secondary N) is 1. The first-order valence-electron chi connectivity index (χ1n) is 16.5. The maximum atomic E-state index is 13.7. The number of amides is 3. The molecule has 1 N–H and O–H groups in total. The number of carbonyl (C=O) groups is 3. The molecule has 0 unspecified atom stereocenters. The fourth-order valence-electron chi connectivity index (χ4n) is 5.90. The summed E-state index contributed by atoms with van der Waals surface area (Å²) in [6.07, 6.45) is 3.07. The van der Waals surface area contributed by atoms with Gasteiger partial charge in [-0.3, -0.25) is 14.4 Å². The molecule has 254 valence electrons. The van der Waals surface area contributed by atoms with E-state index < -0.39 is 0 Å². The number of hydrogen-bond acceptors (Lipinski definition) is 7. The van der Waals surface area contributed by atoms with Crippen molar-refractivity contribution in [2.45, 2.75) is 39.5 Å². The molecule has 1 aliphatic heterocycles. The van der Waals surface area contributed by atoms with E-state index in [4.69, 9.17) is 9.47 Å². The van der Waals surface area contributed by atoms with Crippen molar-refractivity contribution >= 4 is 40.1 Å². The van der Waals surface area contributed by atoms with Crippen LogP contribution in [0.25, 0.3) is 11.0 Å². The summed E-state index contributed by atoms with van der Waals surface area (Å²) in [4.78, 5) is 49.9. The molecule has 0 aliphatic carbocycles. The van der Waals surface area contributed by atoms with Crippen LogP contribution in [0.2, 0.25) is 0 Å². The van der Waals surface area contributed by atoms with Crippen LogP contribution in [-0.4, -0.2) is 91.1 Å². The second-order valence-electron chi connectivity index (χ2n) is 12.4. The van der Waals surface area contributed by atoms with Crippen molar-refractivity contribution in [2.24, 2.45) is 7.05 Å². The molecular formula is C37H46N6O5. The van der Waals surface area contributed by atoms with E-state index in [0.29, 0.717) is 52.5 Å². The lowest BCUT2D eigenvalue weighted by atomic mass is 10.1. The minimum atomic E-state index is -0.323. The van der Waals surface area contributed by atoms with E-state index >= 15 is 0 Å². The molecule has 0 radical (unpaired) electrons. The smallest absolute Gasteiger partial charge is 0.258 e. The van der Waals surface area contributed by atoms with E-state index in [-0.39, 0.29) is 17.7 Å². The van der Waals surface area contributed by atoms with Gasteiger partial charge in [0, 0.05) is 52.3 Å². The van der Waals surface area contributed by atoms with Gasteiger partial charge in [0.1, 0.15) is 22.8 Å². The SMILES string of the molecule is COc1cc(C(=O)N(C)c2ccc(C)cc2OCCCCCC(=O)N2CCN(C)CC2)ccc1NC(=O)c1cccc2c1nc(C)n2C. The minimum absolute atomic E-state index is 0.231. The summed E-state index contributed by atoms with van der Waals surface area (Å²) in [7, 11) is 7.21. The average molecular weight is 655 g/mol. The largest absolute Gasteiger partial charge is 0.495 e. The van der Waals surface area contributed by atoms with Crippen molar-refractivity contribution in [2.75, 3.05) is 64.2 Å². The normalized spacial score (nSPS) is 13.4. The van der Waals surface area contributed by atoms with E-state index in [1.807, 2.05) is 60.7 Å². The highest BCUT2D eigenvalue weighted by molar-refractivity contribution is 6.12. The zero-order valence-corrected chi connectivity index (χ0v) is 28.8. The summed E-state index contributed by atoms with van der Waals surface area (Å²) in [5.74, 6) is 1.44. The monoisotopic (exact) mass is 654 g/mol. The summed E-state index contributed by atoms with van der Waals surface area (Å²) in [6, 6.07) is 16.2. The number of imidazole rings is 1. The Morgan fingerprint density at radius 2 is 1.69 bits per heavy atom. The number of hydrogen-bond donors (Lipinski definition) is 1. The number of piperazine rings is 1. The van der Waals surface area contributed by atoms with Gasteiger partial charge in [-0.15, -0.1) is 0 Å². The van der Waals surface area contributed by atoms with Crippen molar-refractivity contribution in [3.05, 3.63) is 77.1 Å². The fraction of sp³-hybridized carbons (Fsp3) is 0.405. The van der Waals surface area contributed by atoms with Gasteiger partial charge in [-0.05, 0) is 88.2 Å². The number of methoxy groups -OCH3 is 1. The van der Waals surface area contributed by atoms with Gasteiger partial charge in [-0.1, -0.05) is 12.1 Å². The van der Waals surface area contributed by atoms with Crippen LogP contribution in [0.15, 0.2) is 54.6 Å². The Morgan fingerprint density at radius 1 is 0.917 bits per heavy atom. The summed E-state index contributed by atoms with van der Waals surface area (Å²) in [5, 5.41) is 2.92. The van der Waals surface area contributed by atoms with E-state index in [2.05, 4.69) is 22.2 Å². The van der Waals surface area contributed by atoms with Crippen LogP contribution in [-0.2, 0) is 11.8 Å². The van der Waals surface area contributed by atoms with Gasteiger partial charge in [0.25, 0.3) is 11.8 Å². The standard InChI is InChI=1S/C37H46N6O5/c1-25-14-17-30(33(23-25)48-22-9-7-8-13-34(44)43-20-18-40(3)19-21-43)42(5)37(46)27-15-16-29(32(24-27)47-6)39-36(45)28-11-10-12-31-35(28)38-26(2)41(31)4/h10-12,14-17,23-24H,7-9,13,18-22H2,1-6H3,(H,39,45). The van der Waals surface area contributed by atoms with Crippen LogP contribution in [0, 0.1) is 13.8 Å². The highest BCUT2D eigenvalue weighted by Crippen LogP contribution is 2.32. The molecule has 11 nitrogen and oxygen atoms in total. The molecule has 1 saturated heterocycles. The van der Waals surface area contributed by atoms with Crippen molar-refractivity contribution < 1.29 is 23.9 Å².